The fourth-order valence-corrected chi connectivity index (χ4v) is 10.2. The van der Waals surface area contributed by atoms with Gasteiger partial charge in [-0.2, -0.15) is 0 Å². The van der Waals surface area contributed by atoms with Crippen LogP contribution in [0.4, 0.5) is 0 Å². The van der Waals surface area contributed by atoms with E-state index in [0.29, 0.717) is 19.3 Å². The molecule has 0 radical (unpaired) electrons. The van der Waals surface area contributed by atoms with Crippen LogP contribution in [0.25, 0.3) is 0 Å². The summed E-state index contributed by atoms with van der Waals surface area (Å²) in [4.78, 5) is 38.4. The largest absolute Gasteiger partial charge is 0.462 e. The number of rotatable bonds is 63. The molecule has 0 aliphatic carbocycles. The van der Waals surface area contributed by atoms with Crippen molar-refractivity contribution in [1.29, 1.82) is 0 Å². The molecule has 454 valence electrons. The number of ether oxygens (including phenoxy) is 3. The highest BCUT2D eigenvalue weighted by molar-refractivity contribution is 5.71. The lowest BCUT2D eigenvalue weighted by molar-refractivity contribution is -0.167. The van der Waals surface area contributed by atoms with Gasteiger partial charge >= 0.3 is 17.9 Å². The molecule has 0 aliphatic rings. The molecule has 0 rings (SSSR count). The number of unbranched alkanes of at least 4 members (excludes halogenated alkanes) is 42. The van der Waals surface area contributed by atoms with Crippen molar-refractivity contribution in [2.75, 3.05) is 13.2 Å². The van der Waals surface area contributed by atoms with Crippen molar-refractivity contribution < 1.29 is 28.6 Å². The van der Waals surface area contributed by atoms with Gasteiger partial charge in [0.25, 0.3) is 0 Å². The minimum absolute atomic E-state index is 0.0677. The molecular formula is C72H130O6. The van der Waals surface area contributed by atoms with Crippen molar-refractivity contribution in [3.63, 3.8) is 0 Å². The summed E-state index contributed by atoms with van der Waals surface area (Å²) < 4.78 is 17.0. The first kappa shape index (κ1) is 75.1. The molecule has 0 N–H and O–H groups in total. The van der Waals surface area contributed by atoms with E-state index in [1.165, 1.54) is 231 Å². The zero-order valence-electron chi connectivity index (χ0n) is 52.2. The van der Waals surface area contributed by atoms with Gasteiger partial charge < -0.3 is 14.2 Å². The fourth-order valence-electron chi connectivity index (χ4n) is 10.2. The summed E-state index contributed by atoms with van der Waals surface area (Å²) in [6, 6.07) is 0. The number of allylic oxidation sites excluding steroid dienone is 10. The normalized spacial score (nSPS) is 12.4. The third-order valence-electron chi connectivity index (χ3n) is 15.3. The van der Waals surface area contributed by atoms with Gasteiger partial charge in [-0.25, -0.2) is 0 Å². The molecule has 0 saturated heterocycles. The number of hydrogen-bond acceptors (Lipinski definition) is 6. The highest BCUT2D eigenvalue weighted by atomic mass is 16.6. The molecule has 1 atom stereocenters. The Morgan fingerprint density at radius 2 is 0.500 bits per heavy atom. The molecular weight excluding hydrogens is 961 g/mol. The van der Waals surface area contributed by atoms with E-state index in [-0.39, 0.29) is 31.1 Å². The van der Waals surface area contributed by atoms with Crippen LogP contribution in [0.5, 0.6) is 0 Å². The van der Waals surface area contributed by atoms with Crippen LogP contribution in [-0.4, -0.2) is 37.2 Å². The third kappa shape index (κ3) is 63.9. The first-order chi connectivity index (χ1) is 38.5. The van der Waals surface area contributed by atoms with Gasteiger partial charge in [0.1, 0.15) is 13.2 Å². The summed E-state index contributed by atoms with van der Waals surface area (Å²) >= 11 is 0. The Labute approximate surface area is 485 Å². The van der Waals surface area contributed by atoms with Crippen LogP contribution in [0.3, 0.4) is 0 Å². The van der Waals surface area contributed by atoms with E-state index in [4.69, 9.17) is 14.2 Å². The molecule has 0 spiro atoms. The van der Waals surface area contributed by atoms with E-state index in [1.807, 2.05) is 0 Å². The molecule has 6 heteroatoms. The van der Waals surface area contributed by atoms with Crippen LogP contribution in [0.2, 0.25) is 0 Å². The summed E-state index contributed by atoms with van der Waals surface area (Å²) in [6.07, 6.45) is 85.3. The first-order valence-corrected chi connectivity index (χ1v) is 34.3. The van der Waals surface area contributed by atoms with E-state index < -0.39 is 6.10 Å². The highest BCUT2D eigenvalue weighted by Gasteiger charge is 2.19. The molecule has 0 saturated carbocycles. The topological polar surface area (TPSA) is 78.9 Å². The van der Waals surface area contributed by atoms with E-state index in [0.717, 1.165) is 89.9 Å². The maximum absolute atomic E-state index is 12.9. The van der Waals surface area contributed by atoms with Gasteiger partial charge in [0.2, 0.25) is 0 Å². The van der Waals surface area contributed by atoms with E-state index in [2.05, 4.69) is 81.5 Å². The smallest absolute Gasteiger partial charge is 0.306 e. The lowest BCUT2D eigenvalue weighted by Gasteiger charge is -2.18. The minimum atomic E-state index is -0.770. The Morgan fingerprint density at radius 3 is 0.782 bits per heavy atom. The molecule has 0 aromatic heterocycles. The van der Waals surface area contributed by atoms with Gasteiger partial charge in [-0.05, 0) is 64.2 Å². The average molecular weight is 1090 g/mol. The monoisotopic (exact) mass is 1090 g/mol. The number of carbonyl (C=O) groups excluding carboxylic acids is 3. The molecule has 0 heterocycles. The van der Waals surface area contributed by atoms with E-state index in [9.17, 15) is 14.4 Å². The molecule has 0 aromatic rings. The first-order valence-electron chi connectivity index (χ1n) is 34.3. The SMILES string of the molecule is CC/C=C\C/C=C\C/C=C\C/C=C\C/C=C\CCCCCCCCCCCCCCCC(=O)OCC(COC(=O)CCCCCCCCCCCCCC)OC(=O)CCCCCCCCCCCCCCCCCCCCC. The highest BCUT2D eigenvalue weighted by Crippen LogP contribution is 2.18. The maximum atomic E-state index is 12.9. The van der Waals surface area contributed by atoms with Crippen molar-refractivity contribution in [2.24, 2.45) is 0 Å². The van der Waals surface area contributed by atoms with Crippen LogP contribution >= 0.6 is 0 Å². The Hall–Kier alpha value is -2.89. The van der Waals surface area contributed by atoms with Gasteiger partial charge in [0.05, 0.1) is 0 Å². The van der Waals surface area contributed by atoms with Gasteiger partial charge in [-0.3, -0.25) is 14.4 Å². The zero-order chi connectivity index (χ0) is 56.4. The number of esters is 3. The van der Waals surface area contributed by atoms with E-state index >= 15 is 0 Å². The molecule has 0 aliphatic heterocycles. The number of hydrogen-bond donors (Lipinski definition) is 0. The second-order valence-electron chi connectivity index (χ2n) is 23.1. The summed E-state index contributed by atoms with van der Waals surface area (Å²) in [5.74, 6) is -0.844. The molecule has 1 unspecified atom stereocenters. The van der Waals surface area contributed by atoms with Gasteiger partial charge in [0, 0.05) is 19.3 Å². The van der Waals surface area contributed by atoms with Crippen molar-refractivity contribution in [2.45, 2.75) is 367 Å². The number of carbonyl (C=O) groups is 3. The lowest BCUT2D eigenvalue weighted by atomic mass is 10.0. The predicted octanol–water partition coefficient (Wildman–Crippen LogP) is 23.5. The van der Waals surface area contributed by atoms with E-state index in [1.54, 1.807) is 0 Å². The molecule has 0 amide bonds. The molecule has 0 aromatic carbocycles. The van der Waals surface area contributed by atoms with Crippen molar-refractivity contribution in [3.8, 4) is 0 Å². The van der Waals surface area contributed by atoms with Crippen LogP contribution in [0, 0.1) is 0 Å². The summed E-state index contributed by atoms with van der Waals surface area (Å²) in [5, 5.41) is 0. The maximum Gasteiger partial charge on any atom is 0.306 e. The summed E-state index contributed by atoms with van der Waals surface area (Å²) in [6.45, 7) is 6.58. The van der Waals surface area contributed by atoms with Crippen LogP contribution in [0.1, 0.15) is 361 Å². The Bertz CT molecular complexity index is 1390. The van der Waals surface area contributed by atoms with Gasteiger partial charge in [-0.15, -0.1) is 0 Å². The minimum Gasteiger partial charge on any atom is -0.462 e. The predicted molar refractivity (Wildman–Crippen MR) is 339 cm³/mol. The third-order valence-corrected chi connectivity index (χ3v) is 15.3. The molecule has 6 nitrogen and oxygen atoms in total. The Kier molecular flexibility index (Phi) is 64.2. The van der Waals surface area contributed by atoms with Crippen molar-refractivity contribution in [1.82, 2.24) is 0 Å². The fraction of sp³-hybridized carbons (Fsp3) is 0.819. The van der Waals surface area contributed by atoms with Crippen molar-refractivity contribution in [3.05, 3.63) is 60.8 Å². The van der Waals surface area contributed by atoms with Crippen LogP contribution in [-0.2, 0) is 28.6 Å². The summed E-state index contributed by atoms with van der Waals surface area (Å²) in [5.41, 5.74) is 0. The second-order valence-corrected chi connectivity index (χ2v) is 23.1. The zero-order valence-corrected chi connectivity index (χ0v) is 52.2. The molecule has 78 heavy (non-hydrogen) atoms. The standard InChI is InChI=1S/C72H130O6/c1-4-7-10-13-16-19-22-25-27-29-31-32-33-34-35-36-37-38-39-40-42-43-45-47-50-53-56-59-62-65-71(74)77-68-69(67-76-70(73)64-61-58-55-52-49-24-21-18-15-12-9-6-3)78-72(75)66-63-60-57-54-51-48-46-44-41-30-28-26-23-20-17-14-11-8-5-2/h7,10,16,19,25,27,31-32,34-35,69H,4-6,8-9,11-15,17-18,20-24,26,28-30,33,36-68H2,1-3H3/b10-7-,19-16-,27-25-,32-31-,35-34-. The van der Waals surface area contributed by atoms with Gasteiger partial charge in [-0.1, -0.05) is 338 Å². The van der Waals surface area contributed by atoms with Crippen molar-refractivity contribution >= 4 is 17.9 Å². The quantitative estimate of drug-likeness (QED) is 0.0261. The van der Waals surface area contributed by atoms with Gasteiger partial charge in [0.15, 0.2) is 6.10 Å². The Morgan fingerprint density at radius 1 is 0.269 bits per heavy atom. The average Bonchev–Trinajstić information content (AvgIpc) is 3.44. The molecule has 0 bridgehead atoms. The van der Waals surface area contributed by atoms with Crippen LogP contribution < -0.4 is 0 Å². The lowest BCUT2D eigenvalue weighted by Crippen LogP contribution is -2.30. The summed E-state index contributed by atoms with van der Waals surface area (Å²) in [7, 11) is 0. The second kappa shape index (κ2) is 66.6. The van der Waals surface area contributed by atoms with Crippen LogP contribution in [0.15, 0.2) is 60.8 Å². The molecule has 0 fully saturated rings. The Balaban J connectivity index is 4.20.